The highest BCUT2D eigenvalue weighted by atomic mass is 32.1. The van der Waals surface area contributed by atoms with Gasteiger partial charge in [-0.25, -0.2) is 0 Å². The van der Waals surface area contributed by atoms with Crippen molar-refractivity contribution in [2.45, 2.75) is 33.2 Å². The molecule has 1 aliphatic rings. The molecule has 8 heteroatoms. The maximum atomic E-state index is 11.7. The average molecular weight is 458 g/mol. The lowest BCUT2D eigenvalue weighted by atomic mass is 9.99. The fourth-order valence-corrected chi connectivity index (χ4v) is 5.30. The van der Waals surface area contributed by atoms with E-state index in [2.05, 4.69) is 29.4 Å². The lowest BCUT2D eigenvalue weighted by Crippen LogP contribution is -2.10. The number of para-hydroxylation sites is 1. The number of nitrogens with one attached hydrogen (secondary N) is 1. The topological polar surface area (TPSA) is 92.4 Å². The Hall–Kier alpha value is -3.78. The van der Waals surface area contributed by atoms with E-state index in [9.17, 15) is 9.90 Å². The molecular weight excluding hydrogens is 434 g/mol. The maximum Gasteiger partial charge on any atom is 0.306 e. The van der Waals surface area contributed by atoms with Crippen LogP contribution in [0.1, 0.15) is 45.7 Å². The molecule has 0 saturated heterocycles. The Morgan fingerprint density at radius 3 is 2.42 bits per heavy atom. The van der Waals surface area contributed by atoms with Gasteiger partial charge in [-0.1, -0.05) is 30.3 Å². The van der Waals surface area contributed by atoms with Crippen molar-refractivity contribution in [3.8, 4) is 5.00 Å². The summed E-state index contributed by atoms with van der Waals surface area (Å²) in [5.41, 5.74) is 5.84. The number of benzene rings is 2. The largest absolute Gasteiger partial charge is 0.481 e. The van der Waals surface area contributed by atoms with Crippen molar-refractivity contribution in [3.63, 3.8) is 0 Å². The molecule has 166 valence electrons. The molecule has 0 radical (unpaired) electrons. The molecule has 0 saturated carbocycles. The van der Waals surface area contributed by atoms with Gasteiger partial charge in [0.15, 0.2) is 5.82 Å². The highest BCUT2D eigenvalue weighted by Crippen LogP contribution is 2.39. The summed E-state index contributed by atoms with van der Waals surface area (Å²) in [4.78, 5) is 17.8. The lowest BCUT2D eigenvalue weighted by molar-refractivity contribution is -0.137. The molecule has 4 aromatic rings. The van der Waals surface area contributed by atoms with Gasteiger partial charge in [0, 0.05) is 27.4 Å². The number of nitrogens with zero attached hydrogens (tertiary/aromatic N) is 4. The molecule has 1 atom stereocenters. The van der Waals surface area contributed by atoms with Crippen molar-refractivity contribution in [2.24, 2.45) is 4.99 Å². The Balaban J connectivity index is 1.62. The van der Waals surface area contributed by atoms with Crippen molar-refractivity contribution in [3.05, 3.63) is 87.8 Å². The normalized spacial score (nSPS) is 14.8. The number of carboxylic acids is 1. The van der Waals surface area contributed by atoms with Crippen LogP contribution in [-0.4, -0.2) is 31.6 Å². The number of aliphatic carboxylic acids is 1. The molecule has 2 aromatic heterocycles. The van der Waals surface area contributed by atoms with Crippen LogP contribution < -0.4 is 5.32 Å². The summed E-state index contributed by atoms with van der Waals surface area (Å²) in [5, 5.41) is 22.5. The van der Waals surface area contributed by atoms with E-state index >= 15 is 0 Å². The molecule has 0 amide bonds. The van der Waals surface area contributed by atoms with Crippen LogP contribution in [0, 0.1) is 20.8 Å². The third kappa shape index (κ3) is 3.82. The zero-order valence-corrected chi connectivity index (χ0v) is 19.3. The Bertz CT molecular complexity index is 1370. The third-order valence-corrected chi connectivity index (χ3v) is 7.02. The molecule has 0 aliphatic carbocycles. The first-order valence-electron chi connectivity index (χ1n) is 10.7. The second kappa shape index (κ2) is 8.29. The minimum absolute atomic E-state index is 0.151. The Morgan fingerprint density at radius 1 is 1.03 bits per heavy atom. The fraction of sp³-hybridized carbons (Fsp3) is 0.200. The van der Waals surface area contributed by atoms with E-state index in [0.717, 1.165) is 44.6 Å². The van der Waals surface area contributed by atoms with Crippen molar-refractivity contribution in [1.82, 2.24) is 14.8 Å². The number of hydrogen-bond donors (Lipinski definition) is 2. The van der Waals surface area contributed by atoms with Crippen molar-refractivity contribution < 1.29 is 9.90 Å². The Morgan fingerprint density at radius 2 is 1.73 bits per heavy atom. The van der Waals surface area contributed by atoms with Gasteiger partial charge in [0.2, 0.25) is 0 Å². The van der Waals surface area contributed by atoms with Crippen LogP contribution in [0.15, 0.2) is 59.6 Å². The van der Waals surface area contributed by atoms with Crippen LogP contribution in [-0.2, 0) is 4.79 Å². The summed E-state index contributed by atoms with van der Waals surface area (Å²) >= 11 is 1.66. The molecule has 7 nitrogen and oxygen atoms in total. The van der Waals surface area contributed by atoms with Crippen molar-refractivity contribution in [1.29, 1.82) is 0 Å². The van der Waals surface area contributed by atoms with Crippen molar-refractivity contribution in [2.75, 3.05) is 5.32 Å². The van der Waals surface area contributed by atoms with Crippen LogP contribution >= 0.6 is 11.3 Å². The number of carboxylic acid groups (broad SMARTS) is 1. The fourth-order valence-electron chi connectivity index (χ4n) is 4.09. The number of fused-ring (bicyclic) bond motifs is 3. The van der Waals surface area contributed by atoms with Gasteiger partial charge in [-0.15, -0.1) is 21.5 Å². The minimum atomic E-state index is -0.920. The summed E-state index contributed by atoms with van der Waals surface area (Å²) < 4.78 is 1.97. The van der Waals surface area contributed by atoms with Gasteiger partial charge in [-0.05, 0) is 50.6 Å². The van der Waals surface area contributed by atoms with Crippen LogP contribution in [0.5, 0.6) is 0 Å². The first-order valence-corrected chi connectivity index (χ1v) is 11.5. The second-order valence-electron chi connectivity index (χ2n) is 8.06. The first kappa shape index (κ1) is 21.1. The summed E-state index contributed by atoms with van der Waals surface area (Å²) in [6.07, 6.45) is -0.151. The standard InChI is InChI=1S/C25H23N5O2S/c1-14-15(2)33-25-22(14)23(27-20(13-21(31)32)24-29-28-16(3)30(24)25)17-9-11-19(12-10-17)26-18-7-5-4-6-8-18/h4-12,20,26H,13H2,1-3H3,(H,31,32)/t20-/m0/s1. The number of anilines is 2. The molecule has 5 rings (SSSR count). The van der Waals surface area contributed by atoms with E-state index in [0.29, 0.717) is 5.82 Å². The van der Waals surface area contributed by atoms with Crippen LogP contribution in [0.25, 0.3) is 5.00 Å². The van der Waals surface area contributed by atoms with E-state index in [-0.39, 0.29) is 6.42 Å². The predicted molar refractivity (Wildman–Crippen MR) is 130 cm³/mol. The molecular formula is C25H23N5O2S. The van der Waals surface area contributed by atoms with Crippen LogP contribution in [0.4, 0.5) is 11.4 Å². The van der Waals surface area contributed by atoms with Crippen molar-refractivity contribution >= 4 is 34.4 Å². The number of rotatable bonds is 5. The second-order valence-corrected chi connectivity index (χ2v) is 9.27. The van der Waals surface area contributed by atoms with E-state index in [1.807, 2.05) is 66.1 Å². The predicted octanol–water partition coefficient (Wildman–Crippen LogP) is 5.36. The van der Waals surface area contributed by atoms with Gasteiger partial charge >= 0.3 is 5.97 Å². The number of aryl methyl sites for hydroxylation is 2. The summed E-state index contributed by atoms with van der Waals surface area (Å²) in [6, 6.07) is 17.4. The number of thiophene rings is 1. The Labute approximate surface area is 195 Å². The van der Waals surface area contributed by atoms with Crippen LogP contribution in [0.2, 0.25) is 0 Å². The van der Waals surface area contributed by atoms with Gasteiger partial charge in [0.05, 0.1) is 12.1 Å². The summed E-state index contributed by atoms with van der Waals surface area (Å²) in [5.74, 6) is 0.368. The van der Waals surface area contributed by atoms with Gasteiger partial charge in [0.25, 0.3) is 0 Å². The van der Waals surface area contributed by atoms with E-state index in [1.54, 1.807) is 11.3 Å². The highest BCUT2D eigenvalue weighted by Gasteiger charge is 2.32. The average Bonchev–Trinajstić information content (AvgIpc) is 3.27. The first-order chi connectivity index (χ1) is 15.9. The molecule has 2 N–H and O–H groups in total. The quantitative estimate of drug-likeness (QED) is 0.421. The summed E-state index contributed by atoms with van der Waals surface area (Å²) in [7, 11) is 0. The zero-order chi connectivity index (χ0) is 23.1. The SMILES string of the molecule is Cc1sc2c(c1C)C(c1ccc(Nc3ccccc3)cc1)=N[C@@H](CC(=O)O)c1nnc(C)n1-2. The van der Waals surface area contributed by atoms with E-state index < -0.39 is 12.0 Å². The van der Waals surface area contributed by atoms with Gasteiger partial charge < -0.3 is 10.4 Å². The molecule has 33 heavy (non-hydrogen) atoms. The molecule has 2 aromatic carbocycles. The molecule has 0 bridgehead atoms. The number of aliphatic imine (C=N–C) groups is 1. The number of carbonyl (C=O) groups is 1. The number of aromatic nitrogens is 3. The molecule has 0 spiro atoms. The highest BCUT2D eigenvalue weighted by molar-refractivity contribution is 7.15. The zero-order valence-electron chi connectivity index (χ0n) is 18.5. The van der Waals surface area contributed by atoms with Gasteiger partial charge in [-0.3, -0.25) is 14.4 Å². The van der Waals surface area contributed by atoms with E-state index in [1.165, 1.54) is 4.88 Å². The monoisotopic (exact) mass is 457 g/mol. The lowest BCUT2D eigenvalue weighted by Gasteiger charge is -2.12. The molecule has 3 heterocycles. The van der Waals surface area contributed by atoms with Gasteiger partial charge in [-0.2, -0.15) is 0 Å². The summed E-state index contributed by atoms with van der Waals surface area (Å²) in [6.45, 7) is 6.06. The smallest absolute Gasteiger partial charge is 0.306 e. The van der Waals surface area contributed by atoms with Gasteiger partial charge in [0.1, 0.15) is 16.9 Å². The minimum Gasteiger partial charge on any atom is -0.481 e. The number of hydrogen-bond acceptors (Lipinski definition) is 6. The molecule has 0 fully saturated rings. The molecule has 1 aliphatic heterocycles. The molecule has 0 unspecified atom stereocenters. The Kier molecular flexibility index (Phi) is 5.30. The van der Waals surface area contributed by atoms with E-state index in [4.69, 9.17) is 4.99 Å². The third-order valence-electron chi connectivity index (χ3n) is 5.83. The maximum absolute atomic E-state index is 11.7. The van der Waals surface area contributed by atoms with Crippen LogP contribution in [0.3, 0.4) is 0 Å².